The van der Waals surface area contributed by atoms with Crippen LogP contribution in [0.15, 0.2) is 18.2 Å². The van der Waals surface area contributed by atoms with Crippen molar-refractivity contribution in [1.82, 2.24) is 20.4 Å². The molecule has 0 radical (unpaired) electrons. The number of amides is 1. The van der Waals surface area contributed by atoms with Gasteiger partial charge in [0, 0.05) is 25.2 Å². The number of benzene rings is 1. The molecule has 0 saturated carbocycles. The third-order valence-electron chi connectivity index (χ3n) is 4.51. The largest absolute Gasteiger partial charge is 0.329 e. The molecule has 21 heavy (non-hydrogen) atoms. The smallest absolute Gasteiger partial charge is 0.275 e. The van der Waals surface area contributed by atoms with Crippen molar-refractivity contribution < 1.29 is 4.79 Å². The second kappa shape index (κ2) is 4.70. The van der Waals surface area contributed by atoms with Crippen LogP contribution < -0.4 is 5.32 Å². The number of aryl methyl sites for hydroxylation is 1. The fourth-order valence-electron chi connectivity index (χ4n) is 3.30. The summed E-state index contributed by atoms with van der Waals surface area (Å²) in [5.41, 5.74) is 6.56. The first-order valence-corrected chi connectivity index (χ1v) is 7.37. The number of nitrogens with one attached hydrogen (secondary N) is 2. The van der Waals surface area contributed by atoms with E-state index in [4.69, 9.17) is 0 Å². The third-order valence-corrected chi connectivity index (χ3v) is 4.51. The molecule has 5 heteroatoms. The predicted molar refractivity (Wildman–Crippen MR) is 78.8 cm³/mol. The van der Waals surface area contributed by atoms with Crippen molar-refractivity contribution in [2.24, 2.45) is 0 Å². The first-order chi connectivity index (χ1) is 10.2. The van der Waals surface area contributed by atoms with Gasteiger partial charge >= 0.3 is 0 Å². The number of rotatable bonds is 1. The minimum Gasteiger partial charge on any atom is -0.329 e. The van der Waals surface area contributed by atoms with Gasteiger partial charge in [-0.3, -0.25) is 9.89 Å². The zero-order chi connectivity index (χ0) is 14.4. The second-order valence-corrected chi connectivity index (χ2v) is 5.83. The van der Waals surface area contributed by atoms with E-state index >= 15 is 0 Å². The summed E-state index contributed by atoms with van der Waals surface area (Å²) in [6.07, 6.45) is 0.868. The van der Waals surface area contributed by atoms with Gasteiger partial charge in [0.2, 0.25) is 0 Å². The average molecular weight is 282 g/mol. The van der Waals surface area contributed by atoms with Gasteiger partial charge in [-0.05, 0) is 36.6 Å². The zero-order valence-corrected chi connectivity index (χ0v) is 12.1. The second-order valence-electron chi connectivity index (χ2n) is 5.83. The number of carbonyl (C=O) groups is 1. The normalized spacial score (nSPS) is 16.7. The molecule has 1 amide bonds. The molecule has 4 rings (SSSR count). The summed E-state index contributed by atoms with van der Waals surface area (Å²) < 4.78 is 0. The van der Waals surface area contributed by atoms with Gasteiger partial charge in [-0.15, -0.1) is 0 Å². The maximum absolute atomic E-state index is 12.8. The molecule has 0 unspecified atom stereocenters. The summed E-state index contributed by atoms with van der Waals surface area (Å²) in [5, 5.41) is 10.6. The van der Waals surface area contributed by atoms with Gasteiger partial charge in [0.05, 0.1) is 5.69 Å². The molecular formula is C16H18N4O. The Hall–Kier alpha value is -2.14. The Kier molecular flexibility index (Phi) is 2.82. The fraction of sp³-hybridized carbons (Fsp3) is 0.375. The average Bonchev–Trinajstić information content (AvgIpc) is 3.11. The van der Waals surface area contributed by atoms with Gasteiger partial charge in [-0.1, -0.05) is 18.2 Å². The van der Waals surface area contributed by atoms with Crippen molar-refractivity contribution in [3.63, 3.8) is 0 Å². The van der Waals surface area contributed by atoms with E-state index in [9.17, 15) is 4.79 Å². The third kappa shape index (κ3) is 1.96. The summed E-state index contributed by atoms with van der Waals surface area (Å²) in [6, 6.07) is 6.28. The van der Waals surface area contributed by atoms with Gasteiger partial charge < -0.3 is 10.2 Å². The van der Waals surface area contributed by atoms with Crippen LogP contribution in [-0.4, -0.2) is 27.5 Å². The summed E-state index contributed by atoms with van der Waals surface area (Å²) in [5.74, 6) is 0.0463. The molecule has 5 nitrogen and oxygen atoms in total. The van der Waals surface area contributed by atoms with Gasteiger partial charge in [-0.2, -0.15) is 5.10 Å². The molecular weight excluding hydrogens is 264 g/mol. The van der Waals surface area contributed by atoms with Crippen LogP contribution in [0, 0.1) is 6.92 Å². The lowest BCUT2D eigenvalue weighted by atomic mass is 10.1. The Balaban J connectivity index is 1.63. The van der Waals surface area contributed by atoms with Crippen LogP contribution in [0.1, 0.15) is 38.4 Å². The molecule has 2 aliphatic rings. The highest BCUT2D eigenvalue weighted by atomic mass is 16.2. The van der Waals surface area contributed by atoms with Gasteiger partial charge in [0.25, 0.3) is 5.91 Å². The molecule has 2 N–H and O–H groups in total. The minimum atomic E-state index is 0.0463. The maximum atomic E-state index is 12.8. The molecule has 0 atom stereocenters. The van der Waals surface area contributed by atoms with Crippen LogP contribution >= 0.6 is 0 Å². The number of aromatic nitrogens is 2. The maximum Gasteiger partial charge on any atom is 0.275 e. The van der Waals surface area contributed by atoms with E-state index in [0.717, 1.165) is 30.8 Å². The monoisotopic (exact) mass is 282 g/mol. The molecule has 2 aliphatic heterocycles. The lowest BCUT2D eigenvalue weighted by Gasteiger charge is -2.17. The Morgan fingerprint density at radius 1 is 1.29 bits per heavy atom. The number of hydrogen-bond acceptors (Lipinski definition) is 3. The zero-order valence-electron chi connectivity index (χ0n) is 12.1. The van der Waals surface area contributed by atoms with Crippen LogP contribution in [0.3, 0.4) is 0 Å². The highest BCUT2D eigenvalue weighted by Gasteiger charge is 2.29. The molecule has 3 heterocycles. The van der Waals surface area contributed by atoms with Crippen molar-refractivity contribution in [3.8, 4) is 0 Å². The van der Waals surface area contributed by atoms with Crippen molar-refractivity contribution >= 4 is 5.91 Å². The van der Waals surface area contributed by atoms with Gasteiger partial charge in [0.15, 0.2) is 5.69 Å². The SMILES string of the molecule is Cc1cccc2c1CN(C(=O)c1n[nH]c3c1CCNC3)C2. The summed E-state index contributed by atoms with van der Waals surface area (Å²) >= 11 is 0. The number of nitrogens with zero attached hydrogens (tertiary/aromatic N) is 2. The van der Waals surface area contributed by atoms with Crippen LogP contribution in [0.2, 0.25) is 0 Å². The quantitative estimate of drug-likeness (QED) is 0.833. The van der Waals surface area contributed by atoms with Crippen molar-refractivity contribution in [1.29, 1.82) is 0 Å². The van der Waals surface area contributed by atoms with Crippen LogP contribution in [-0.2, 0) is 26.1 Å². The lowest BCUT2D eigenvalue weighted by molar-refractivity contribution is 0.0744. The van der Waals surface area contributed by atoms with Crippen LogP contribution in [0.4, 0.5) is 0 Å². The number of hydrogen-bond donors (Lipinski definition) is 2. The highest BCUT2D eigenvalue weighted by molar-refractivity contribution is 5.94. The number of fused-ring (bicyclic) bond motifs is 2. The van der Waals surface area contributed by atoms with E-state index in [1.807, 2.05) is 4.90 Å². The number of carbonyl (C=O) groups excluding carboxylic acids is 1. The summed E-state index contributed by atoms with van der Waals surface area (Å²) in [4.78, 5) is 14.7. The standard InChI is InChI=1S/C16H18N4O/c1-10-3-2-4-11-8-20(9-13(10)11)16(21)15-12-5-6-17-7-14(12)18-19-15/h2-4,17H,5-9H2,1H3,(H,18,19). The first kappa shape index (κ1) is 12.6. The van der Waals surface area contributed by atoms with E-state index in [-0.39, 0.29) is 5.91 Å². The van der Waals surface area contributed by atoms with Crippen molar-refractivity contribution in [2.45, 2.75) is 33.0 Å². The van der Waals surface area contributed by atoms with E-state index in [1.165, 1.54) is 16.7 Å². The molecule has 0 aliphatic carbocycles. The predicted octanol–water partition coefficient (Wildman–Crippen LogP) is 1.52. The minimum absolute atomic E-state index is 0.0463. The van der Waals surface area contributed by atoms with Crippen LogP contribution in [0.25, 0.3) is 0 Å². The lowest BCUT2D eigenvalue weighted by Crippen LogP contribution is -2.29. The molecule has 108 valence electrons. The van der Waals surface area contributed by atoms with E-state index in [1.54, 1.807) is 0 Å². The molecule has 0 saturated heterocycles. The van der Waals surface area contributed by atoms with Crippen LogP contribution in [0.5, 0.6) is 0 Å². The van der Waals surface area contributed by atoms with E-state index in [2.05, 4.69) is 40.6 Å². The first-order valence-electron chi connectivity index (χ1n) is 7.37. The molecule has 0 spiro atoms. The molecule has 0 fully saturated rings. The van der Waals surface area contributed by atoms with Gasteiger partial charge in [-0.25, -0.2) is 0 Å². The Bertz CT molecular complexity index is 719. The number of H-pyrrole nitrogens is 1. The summed E-state index contributed by atoms with van der Waals surface area (Å²) in [7, 11) is 0. The molecule has 0 bridgehead atoms. The highest BCUT2D eigenvalue weighted by Crippen LogP contribution is 2.27. The Labute approximate surface area is 123 Å². The van der Waals surface area contributed by atoms with Crippen molar-refractivity contribution in [2.75, 3.05) is 6.54 Å². The topological polar surface area (TPSA) is 61.0 Å². The van der Waals surface area contributed by atoms with E-state index in [0.29, 0.717) is 18.8 Å². The fourth-order valence-corrected chi connectivity index (χ4v) is 3.30. The molecule has 1 aromatic carbocycles. The summed E-state index contributed by atoms with van der Waals surface area (Å²) in [6.45, 7) is 5.17. The number of aromatic amines is 1. The molecule has 2 aromatic rings. The Morgan fingerprint density at radius 3 is 3.05 bits per heavy atom. The van der Waals surface area contributed by atoms with E-state index < -0.39 is 0 Å². The molecule has 1 aromatic heterocycles. The van der Waals surface area contributed by atoms with Crippen molar-refractivity contribution in [3.05, 3.63) is 51.8 Å². The van der Waals surface area contributed by atoms with Gasteiger partial charge in [0.1, 0.15) is 0 Å². The Morgan fingerprint density at radius 2 is 2.19 bits per heavy atom.